The lowest BCUT2D eigenvalue weighted by Gasteiger charge is -2.46. The molecule has 0 aromatic carbocycles. The average molecular weight is 241 g/mol. The molecule has 0 aromatic rings. The van der Waals surface area contributed by atoms with E-state index in [1.165, 1.54) is 6.42 Å². The van der Waals surface area contributed by atoms with E-state index in [0.29, 0.717) is 24.5 Å². The Bertz CT molecular complexity index is 253. The molecular weight excluding hydrogens is 218 g/mol. The fraction of sp³-hybridized carbons (Fsp3) is 0.923. The predicted molar refractivity (Wildman–Crippen MR) is 65.0 cm³/mol. The van der Waals surface area contributed by atoms with Crippen molar-refractivity contribution in [1.82, 2.24) is 4.90 Å². The Hall–Kier alpha value is -0.450. The SMILES string of the molecule is COCC(CN1C2CCCC1CC(=O)C2)OC. The van der Waals surface area contributed by atoms with Crippen molar-refractivity contribution in [2.75, 3.05) is 27.4 Å². The van der Waals surface area contributed by atoms with Crippen molar-refractivity contribution in [3.05, 3.63) is 0 Å². The number of hydrogen-bond donors (Lipinski definition) is 0. The molecule has 3 unspecified atom stereocenters. The number of fused-ring (bicyclic) bond motifs is 2. The molecule has 2 rings (SSSR count). The number of carbonyl (C=O) groups excluding carboxylic acids is 1. The summed E-state index contributed by atoms with van der Waals surface area (Å²) < 4.78 is 10.6. The molecule has 2 heterocycles. The van der Waals surface area contributed by atoms with Crippen LogP contribution in [0.5, 0.6) is 0 Å². The van der Waals surface area contributed by atoms with Crippen LogP contribution in [0.2, 0.25) is 0 Å². The second-order valence-electron chi connectivity index (χ2n) is 5.20. The van der Waals surface area contributed by atoms with E-state index < -0.39 is 0 Å². The van der Waals surface area contributed by atoms with Gasteiger partial charge in [-0.2, -0.15) is 0 Å². The Morgan fingerprint density at radius 2 is 1.94 bits per heavy atom. The van der Waals surface area contributed by atoms with Crippen LogP contribution in [-0.2, 0) is 14.3 Å². The van der Waals surface area contributed by atoms with E-state index in [2.05, 4.69) is 4.90 Å². The number of nitrogens with zero attached hydrogens (tertiary/aromatic N) is 1. The first kappa shape index (κ1) is 13.0. The number of ketones is 1. The van der Waals surface area contributed by atoms with Gasteiger partial charge in [-0.3, -0.25) is 9.69 Å². The van der Waals surface area contributed by atoms with Crippen molar-refractivity contribution in [2.24, 2.45) is 0 Å². The summed E-state index contributed by atoms with van der Waals surface area (Å²) >= 11 is 0. The minimum atomic E-state index is 0.122. The fourth-order valence-corrected chi connectivity index (χ4v) is 3.18. The molecule has 4 nitrogen and oxygen atoms in total. The quantitative estimate of drug-likeness (QED) is 0.726. The lowest BCUT2D eigenvalue weighted by Crippen LogP contribution is -2.55. The van der Waals surface area contributed by atoms with Crippen LogP contribution < -0.4 is 0 Å². The molecule has 0 amide bonds. The first-order valence-corrected chi connectivity index (χ1v) is 6.53. The highest BCUT2D eigenvalue weighted by Gasteiger charge is 2.38. The number of piperidine rings is 2. The number of carbonyl (C=O) groups is 1. The topological polar surface area (TPSA) is 38.8 Å². The third-order valence-corrected chi connectivity index (χ3v) is 4.04. The van der Waals surface area contributed by atoms with Crippen molar-refractivity contribution in [3.63, 3.8) is 0 Å². The Kier molecular flexibility index (Phi) is 4.54. The summed E-state index contributed by atoms with van der Waals surface area (Å²) in [7, 11) is 3.43. The number of methoxy groups -OCH3 is 2. The maximum atomic E-state index is 11.6. The number of ether oxygens (including phenoxy) is 2. The molecule has 98 valence electrons. The van der Waals surface area contributed by atoms with E-state index in [1.54, 1.807) is 14.2 Å². The minimum Gasteiger partial charge on any atom is -0.382 e. The summed E-state index contributed by atoms with van der Waals surface area (Å²) in [4.78, 5) is 14.1. The Balaban J connectivity index is 1.97. The van der Waals surface area contributed by atoms with Crippen LogP contribution in [0.25, 0.3) is 0 Å². The highest BCUT2D eigenvalue weighted by atomic mass is 16.5. The van der Waals surface area contributed by atoms with Crippen LogP contribution >= 0.6 is 0 Å². The molecule has 0 saturated carbocycles. The van der Waals surface area contributed by atoms with Gasteiger partial charge in [0.1, 0.15) is 5.78 Å². The molecule has 2 bridgehead atoms. The molecule has 17 heavy (non-hydrogen) atoms. The molecule has 2 saturated heterocycles. The third-order valence-electron chi connectivity index (χ3n) is 4.04. The lowest BCUT2D eigenvalue weighted by molar-refractivity contribution is -0.128. The lowest BCUT2D eigenvalue weighted by atomic mass is 9.83. The van der Waals surface area contributed by atoms with E-state index in [-0.39, 0.29) is 6.10 Å². The molecule has 0 aromatic heterocycles. The molecule has 2 aliphatic rings. The highest BCUT2D eigenvalue weighted by molar-refractivity contribution is 5.80. The van der Waals surface area contributed by atoms with Crippen molar-refractivity contribution < 1.29 is 14.3 Å². The van der Waals surface area contributed by atoms with Crippen LogP contribution in [0.3, 0.4) is 0 Å². The normalized spacial score (nSPS) is 31.5. The molecule has 0 aliphatic carbocycles. The zero-order valence-electron chi connectivity index (χ0n) is 10.9. The van der Waals surface area contributed by atoms with Gasteiger partial charge in [0.25, 0.3) is 0 Å². The van der Waals surface area contributed by atoms with Gasteiger partial charge in [-0.05, 0) is 12.8 Å². The van der Waals surface area contributed by atoms with Gasteiger partial charge in [-0.15, -0.1) is 0 Å². The fourth-order valence-electron chi connectivity index (χ4n) is 3.18. The van der Waals surface area contributed by atoms with E-state index in [4.69, 9.17) is 9.47 Å². The Labute approximate surface area is 103 Å². The Morgan fingerprint density at radius 1 is 1.29 bits per heavy atom. The molecule has 0 radical (unpaired) electrons. The van der Waals surface area contributed by atoms with Gasteiger partial charge in [-0.25, -0.2) is 0 Å². The van der Waals surface area contributed by atoms with Gasteiger partial charge in [0.05, 0.1) is 12.7 Å². The van der Waals surface area contributed by atoms with Crippen LogP contribution in [0.4, 0.5) is 0 Å². The maximum absolute atomic E-state index is 11.6. The molecule has 2 fully saturated rings. The van der Waals surface area contributed by atoms with Gasteiger partial charge < -0.3 is 9.47 Å². The van der Waals surface area contributed by atoms with Gasteiger partial charge in [-0.1, -0.05) is 6.42 Å². The second kappa shape index (κ2) is 5.94. The van der Waals surface area contributed by atoms with E-state index in [0.717, 1.165) is 32.2 Å². The van der Waals surface area contributed by atoms with Crippen molar-refractivity contribution >= 4 is 5.78 Å². The smallest absolute Gasteiger partial charge is 0.136 e. The van der Waals surface area contributed by atoms with E-state index >= 15 is 0 Å². The first-order chi connectivity index (χ1) is 8.24. The number of Topliss-reactive ketones (excluding diaryl/α,β-unsaturated/α-hetero) is 1. The summed E-state index contributed by atoms with van der Waals surface area (Å²) in [5.74, 6) is 0.441. The highest BCUT2D eigenvalue weighted by Crippen LogP contribution is 2.32. The zero-order chi connectivity index (χ0) is 12.3. The monoisotopic (exact) mass is 241 g/mol. The van der Waals surface area contributed by atoms with Gasteiger partial charge >= 0.3 is 0 Å². The summed E-state index contributed by atoms with van der Waals surface area (Å²) in [5, 5.41) is 0. The summed E-state index contributed by atoms with van der Waals surface area (Å²) in [6.07, 6.45) is 5.18. The minimum absolute atomic E-state index is 0.122. The van der Waals surface area contributed by atoms with Gasteiger partial charge in [0.2, 0.25) is 0 Å². The third kappa shape index (κ3) is 3.06. The largest absolute Gasteiger partial charge is 0.382 e. The molecule has 4 heteroatoms. The van der Waals surface area contributed by atoms with E-state index in [9.17, 15) is 4.79 Å². The zero-order valence-corrected chi connectivity index (χ0v) is 10.9. The second-order valence-corrected chi connectivity index (χ2v) is 5.20. The van der Waals surface area contributed by atoms with Crippen LogP contribution in [0, 0.1) is 0 Å². The molecule has 0 N–H and O–H groups in total. The summed E-state index contributed by atoms with van der Waals surface area (Å²) in [6, 6.07) is 0.897. The predicted octanol–water partition coefficient (Wildman–Crippen LogP) is 1.23. The van der Waals surface area contributed by atoms with Gasteiger partial charge in [0, 0.05) is 45.7 Å². The average Bonchev–Trinajstić information content (AvgIpc) is 2.29. The maximum Gasteiger partial charge on any atom is 0.136 e. The first-order valence-electron chi connectivity index (χ1n) is 6.53. The van der Waals surface area contributed by atoms with E-state index in [1.807, 2.05) is 0 Å². The molecule has 3 atom stereocenters. The van der Waals surface area contributed by atoms with Crippen LogP contribution in [0.15, 0.2) is 0 Å². The van der Waals surface area contributed by atoms with Gasteiger partial charge in [0.15, 0.2) is 0 Å². The summed E-state index contributed by atoms with van der Waals surface area (Å²) in [6.45, 7) is 1.52. The number of hydrogen-bond acceptors (Lipinski definition) is 4. The molecular formula is C13H23NO3. The summed E-state index contributed by atoms with van der Waals surface area (Å²) in [5.41, 5.74) is 0. The number of rotatable bonds is 5. The molecule has 2 aliphatic heterocycles. The van der Waals surface area contributed by atoms with Crippen molar-refractivity contribution in [2.45, 2.75) is 50.3 Å². The van der Waals surface area contributed by atoms with Crippen LogP contribution in [0.1, 0.15) is 32.1 Å². The Morgan fingerprint density at radius 3 is 2.47 bits per heavy atom. The van der Waals surface area contributed by atoms with Crippen LogP contribution in [-0.4, -0.2) is 56.2 Å². The van der Waals surface area contributed by atoms with Crippen molar-refractivity contribution in [1.29, 1.82) is 0 Å². The van der Waals surface area contributed by atoms with Crippen molar-refractivity contribution in [3.8, 4) is 0 Å². The molecule has 0 spiro atoms. The standard InChI is InChI=1S/C13H23NO3/c1-16-9-13(17-2)8-14-10-4-3-5-11(14)7-12(15)6-10/h10-11,13H,3-9H2,1-2H3.